The van der Waals surface area contributed by atoms with Crippen LogP contribution in [-0.4, -0.2) is 22.0 Å². The maximum absolute atomic E-state index is 11.7. The molecule has 0 unspecified atom stereocenters. The third kappa shape index (κ3) is 4.92. The van der Waals surface area contributed by atoms with Gasteiger partial charge in [0, 0.05) is 5.56 Å². The van der Waals surface area contributed by atoms with Gasteiger partial charge in [0.15, 0.2) is 0 Å². The lowest BCUT2D eigenvalue weighted by molar-refractivity contribution is 0.488. The van der Waals surface area contributed by atoms with E-state index >= 15 is 0 Å². The van der Waals surface area contributed by atoms with E-state index in [0.717, 1.165) is 23.6 Å². The predicted molar refractivity (Wildman–Crippen MR) is 91.6 cm³/mol. The van der Waals surface area contributed by atoms with E-state index in [1.54, 1.807) is 24.3 Å². The average Bonchev–Trinajstić information content (AvgIpc) is 3.04. The lowest BCUT2D eigenvalue weighted by atomic mass is 10.2. The van der Waals surface area contributed by atoms with Gasteiger partial charge >= 0.3 is 0 Å². The lowest BCUT2D eigenvalue weighted by Crippen LogP contribution is -2.18. The molecule has 0 bridgehead atoms. The summed E-state index contributed by atoms with van der Waals surface area (Å²) in [7, 11) is -2.00. The fourth-order valence-electron chi connectivity index (χ4n) is 2.26. The van der Waals surface area contributed by atoms with Gasteiger partial charge in [-0.3, -0.25) is 0 Å². The molecule has 0 saturated heterocycles. The van der Waals surface area contributed by atoms with Crippen LogP contribution in [0.3, 0.4) is 0 Å². The average molecular weight is 336 g/mol. The number of rotatable bonds is 9. The van der Waals surface area contributed by atoms with Crippen molar-refractivity contribution in [1.29, 1.82) is 0 Å². The van der Waals surface area contributed by atoms with E-state index in [2.05, 4.69) is 17.0 Å². The molecule has 1 aromatic heterocycles. The first-order valence-electron chi connectivity index (χ1n) is 7.90. The molecule has 0 aliphatic carbocycles. The SMILES string of the molecule is CCCCCNCc1ccc(-c2ccc(S(=O)(=O)NC)cc2)o1. The van der Waals surface area contributed by atoms with Crippen LogP contribution in [0.15, 0.2) is 45.7 Å². The normalized spacial score (nSPS) is 11.7. The second kappa shape index (κ2) is 8.29. The summed E-state index contributed by atoms with van der Waals surface area (Å²) in [4.78, 5) is 0.244. The molecule has 1 heterocycles. The van der Waals surface area contributed by atoms with Crippen molar-refractivity contribution in [3.05, 3.63) is 42.2 Å². The minimum atomic E-state index is -3.40. The first-order chi connectivity index (χ1) is 11.1. The van der Waals surface area contributed by atoms with Crippen LogP contribution in [0.25, 0.3) is 11.3 Å². The van der Waals surface area contributed by atoms with Gasteiger partial charge in [-0.05, 0) is 56.4 Å². The van der Waals surface area contributed by atoms with Crippen LogP contribution in [0.2, 0.25) is 0 Å². The van der Waals surface area contributed by atoms with Gasteiger partial charge in [0.05, 0.1) is 11.4 Å². The van der Waals surface area contributed by atoms with Crippen molar-refractivity contribution in [3.8, 4) is 11.3 Å². The molecule has 126 valence electrons. The molecule has 0 saturated carbocycles. The van der Waals surface area contributed by atoms with Crippen molar-refractivity contribution < 1.29 is 12.8 Å². The number of nitrogens with one attached hydrogen (secondary N) is 2. The lowest BCUT2D eigenvalue weighted by Gasteiger charge is -2.04. The summed E-state index contributed by atoms with van der Waals surface area (Å²) in [5.74, 6) is 1.62. The molecule has 0 amide bonds. The number of hydrogen-bond acceptors (Lipinski definition) is 4. The fourth-order valence-corrected chi connectivity index (χ4v) is 2.99. The maximum Gasteiger partial charge on any atom is 0.240 e. The number of unbranched alkanes of at least 4 members (excludes halogenated alkanes) is 2. The van der Waals surface area contributed by atoms with Crippen molar-refractivity contribution >= 4 is 10.0 Å². The summed E-state index contributed by atoms with van der Waals surface area (Å²) in [6.45, 7) is 3.88. The van der Waals surface area contributed by atoms with E-state index in [9.17, 15) is 8.42 Å². The van der Waals surface area contributed by atoms with Gasteiger partial charge in [-0.1, -0.05) is 19.8 Å². The highest BCUT2D eigenvalue weighted by atomic mass is 32.2. The van der Waals surface area contributed by atoms with Gasteiger partial charge in [-0.2, -0.15) is 0 Å². The van der Waals surface area contributed by atoms with Crippen molar-refractivity contribution in [2.75, 3.05) is 13.6 Å². The van der Waals surface area contributed by atoms with Gasteiger partial charge in [0.2, 0.25) is 10.0 Å². The highest BCUT2D eigenvalue weighted by Gasteiger charge is 2.11. The Bertz CT molecular complexity index is 706. The smallest absolute Gasteiger partial charge is 0.240 e. The monoisotopic (exact) mass is 336 g/mol. The quantitative estimate of drug-likeness (QED) is 0.690. The van der Waals surface area contributed by atoms with Crippen LogP contribution in [0.5, 0.6) is 0 Å². The molecule has 2 rings (SSSR count). The standard InChI is InChI=1S/C17H24N2O3S/c1-3-4-5-12-19-13-15-8-11-17(22-15)14-6-9-16(10-7-14)23(20,21)18-2/h6-11,18-19H,3-5,12-13H2,1-2H3. The van der Waals surface area contributed by atoms with Crippen LogP contribution < -0.4 is 10.0 Å². The molecule has 0 aliphatic rings. The summed E-state index contributed by atoms with van der Waals surface area (Å²) in [5, 5.41) is 3.36. The summed E-state index contributed by atoms with van der Waals surface area (Å²) in [6, 6.07) is 10.5. The zero-order valence-electron chi connectivity index (χ0n) is 13.6. The molecule has 0 radical (unpaired) electrons. The van der Waals surface area contributed by atoms with Gasteiger partial charge in [-0.15, -0.1) is 0 Å². The largest absolute Gasteiger partial charge is 0.460 e. The first kappa shape index (κ1) is 17.7. The molecular weight excluding hydrogens is 312 g/mol. The molecule has 23 heavy (non-hydrogen) atoms. The summed E-state index contributed by atoms with van der Waals surface area (Å²) in [5.41, 5.74) is 0.859. The molecule has 5 nitrogen and oxygen atoms in total. The molecule has 0 spiro atoms. The Balaban J connectivity index is 1.97. The molecule has 2 N–H and O–H groups in total. The van der Waals surface area contributed by atoms with Crippen molar-refractivity contribution in [2.24, 2.45) is 0 Å². The number of benzene rings is 1. The highest BCUT2D eigenvalue weighted by Crippen LogP contribution is 2.23. The van der Waals surface area contributed by atoms with E-state index in [-0.39, 0.29) is 4.90 Å². The Morgan fingerprint density at radius 3 is 2.43 bits per heavy atom. The summed E-state index contributed by atoms with van der Waals surface area (Å²) >= 11 is 0. The minimum absolute atomic E-state index is 0.244. The topological polar surface area (TPSA) is 71.3 Å². The Morgan fingerprint density at radius 2 is 1.78 bits per heavy atom. The van der Waals surface area contributed by atoms with Crippen molar-refractivity contribution in [2.45, 2.75) is 37.6 Å². The Morgan fingerprint density at radius 1 is 1.04 bits per heavy atom. The fraction of sp³-hybridized carbons (Fsp3) is 0.412. The van der Waals surface area contributed by atoms with E-state index < -0.39 is 10.0 Å². The summed E-state index contributed by atoms with van der Waals surface area (Å²) < 4.78 is 31.5. The molecule has 0 aliphatic heterocycles. The third-order valence-corrected chi connectivity index (χ3v) is 5.07. The molecule has 0 atom stereocenters. The van der Waals surface area contributed by atoms with E-state index in [1.807, 2.05) is 12.1 Å². The van der Waals surface area contributed by atoms with Crippen LogP contribution in [0.4, 0.5) is 0 Å². The van der Waals surface area contributed by atoms with Gasteiger partial charge in [0.1, 0.15) is 11.5 Å². The Kier molecular flexibility index (Phi) is 6.38. The van der Waals surface area contributed by atoms with E-state index in [0.29, 0.717) is 6.54 Å². The highest BCUT2D eigenvalue weighted by molar-refractivity contribution is 7.89. The maximum atomic E-state index is 11.7. The van der Waals surface area contributed by atoms with Crippen LogP contribution >= 0.6 is 0 Å². The van der Waals surface area contributed by atoms with Crippen LogP contribution in [0, 0.1) is 0 Å². The molecule has 6 heteroatoms. The van der Waals surface area contributed by atoms with Gasteiger partial charge < -0.3 is 9.73 Å². The zero-order valence-corrected chi connectivity index (χ0v) is 14.4. The zero-order chi connectivity index (χ0) is 16.7. The molecule has 0 fully saturated rings. The first-order valence-corrected chi connectivity index (χ1v) is 9.38. The second-order valence-electron chi connectivity index (χ2n) is 5.38. The molecule has 1 aromatic carbocycles. The van der Waals surface area contributed by atoms with E-state index in [1.165, 1.54) is 26.3 Å². The Hall–Kier alpha value is -1.63. The third-order valence-electron chi connectivity index (χ3n) is 3.64. The van der Waals surface area contributed by atoms with Gasteiger partial charge in [0.25, 0.3) is 0 Å². The van der Waals surface area contributed by atoms with E-state index in [4.69, 9.17) is 4.42 Å². The number of sulfonamides is 1. The predicted octanol–water partition coefficient (Wildman–Crippen LogP) is 3.13. The van der Waals surface area contributed by atoms with Crippen LogP contribution in [-0.2, 0) is 16.6 Å². The molecule has 2 aromatic rings. The minimum Gasteiger partial charge on any atom is -0.460 e. The van der Waals surface area contributed by atoms with Crippen molar-refractivity contribution in [1.82, 2.24) is 10.0 Å². The number of furan rings is 1. The van der Waals surface area contributed by atoms with Crippen LogP contribution in [0.1, 0.15) is 31.9 Å². The molecular formula is C17H24N2O3S. The second-order valence-corrected chi connectivity index (χ2v) is 7.27. The Labute approximate surface area is 138 Å². The van der Waals surface area contributed by atoms with Crippen molar-refractivity contribution in [3.63, 3.8) is 0 Å². The van der Waals surface area contributed by atoms with Gasteiger partial charge in [-0.25, -0.2) is 13.1 Å². The number of hydrogen-bond donors (Lipinski definition) is 2. The summed E-state index contributed by atoms with van der Waals surface area (Å²) in [6.07, 6.45) is 3.62.